The smallest absolute Gasteiger partial charge is 0.230 e. The number of nitrogens with one attached hydrogen (secondary N) is 2. The summed E-state index contributed by atoms with van der Waals surface area (Å²) < 4.78 is 0.799. The molecule has 3 rings (SSSR count). The first-order chi connectivity index (χ1) is 10.7. The lowest BCUT2D eigenvalue weighted by Gasteiger charge is -2.11. The van der Waals surface area contributed by atoms with Crippen molar-refractivity contribution in [1.29, 1.82) is 0 Å². The van der Waals surface area contributed by atoms with Crippen molar-refractivity contribution in [2.75, 3.05) is 11.1 Å². The molecule has 1 amide bonds. The Balaban J connectivity index is 1.46. The van der Waals surface area contributed by atoms with Crippen molar-refractivity contribution in [3.8, 4) is 0 Å². The van der Waals surface area contributed by atoms with Gasteiger partial charge in [0.2, 0.25) is 11.0 Å². The second kappa shape index (κ2) is 7.11. The average Bonchev–Trinajstić information content (AvgIpc) is 3.28. The number of aromatic nitrogens is 2. The standard InChI is InChI=1S/C15H18N4OS2/c1-10(11-7-8-11)16-13(20)9-21-15-19-18-14(22-15)17-12-5-3-2-4-6-12/h2-6,10-11H,7-9H2,1H3,(H,16,20)(H,17,18)/t10-/m1/s1. The van der Waals surface area contributed by atoms with Gasteiger partial charge in [0, 0.05) is 11.7 Å². The molecule has 1 saturated carbocycles. The summed E-state index contributed by atoms with van der Waals surface area (Å²) in [4.78, 5) is 11.9. The number of nitrogens with zero attached hydrogens (tertiary/aromatic N) is 2. The fraction of sp³-hybridized carbons (Fsp3) is 0.400. The number of para-hydroxylation sites is 1. The zero-order valence-corrected chi connectivity index (χ0v) is 13.9. The molecule has 1 atom stereocenters. The summed E-state index contributed by atoms with van der Waals surface area (Å²) in [5, 5.41) is 15.2. The first kappa shape index (κ1) is 15.3. The Kier molecular flexibility index (Phi) is 4.94. The topological polar surface area (TPSA) is 66.9 Å². The summed E-state index contributed by atoms with van der Waals surface area (Å²) in [5.74, 6) is 1.13. The third kappa shape index (κ3) is 4.45. The Hall–Kier alpha value is -1.60. The van der Waals surface area contributed by atoms with Gasteiger partial charge in [-0.15, -0.1) is 10.2 Å². The van der Waals surface area contributed by atoms with Gasteiger partial charge in [0.25, 0.3) is 0 Å². The first-order valence-electron chi connectivity index (χ1n) is 7.28. The molecular weight excluding hydrogens is 316 g/mol. The minimum Gasteiger partial charge on any atom is -0.353 e. The van der Waals surface area contributed by atoms with Gasteiger partial charge in [-0.3, -0.25) is 4.79 Å². The zero-order chi connectivity index (χ0) is 15.4. The summed E-state index contributed by atoms with van der Waals surface area (Å²) >= 11 is 2.88. The fourth-order valence-corrected chi connectivity index (χ4v) is 3.68. The van der Waals surface area contributed by atoms with Crippen molar-refractivity contribution < 1.29 is 4.79 Å². The van der Waals surface area contributed by atoms with Crippen LogP contribution in [0.15, 0.2) is 34.7 Å². The monoisotopic (exact) mass is 334 g/mol. The molecule has 0 aliphatic heterocycles. The third-order valence-corrected chi connectivity index (χ3v) is 5.45. The van der Waals surface area contributed by atoms with Gasteiger partial charge in [-0.2, -0.15) is 0 Å². The van der Waals surface area contributed by atoms with Gasteiger partial charge in [-0.25, -0.2) is 0 Å². The second-order valence-corrected chi connectivity index (χ2v) is 7.55. The molecule has 1 aliphatic rings. The van der Waals surface area contributed by atoms with E-state index in [1.807, 2.05) is 30.3 Å². The maximum Gasteiger partial charge on any atom is 0.230 e. The Morgan fingerprint density at radius 2 is 2.14 bits per heavy atom. The van der Waals surface area contributed by atoms with Crippen LogP contribution in [0.5, 0.6) is 0 Å². The maximum absolute atomic E-state index is 11.9. The predicted molar refractivity (Wildman–Crippen MR) is 90.7 cm³/mol. The molecule has 0 saturated heterocycles. The molecule has 1 aromatic heterocycles. The highest BCUT2D eigenvalue weighted by atomic mass is 32.2. The molecular formula is C15H18N4OS2. The largest absolute Gasteiger partial charge is 0.353 e. The van der Waals surface area contributed by atoms with Crippen LogP contribution in [-0.4, -0.2) is 27.9 Å². The fourth-order valence-electron chi connectivity index (χ4n) is 2.10. The Morgan fingerprint density at radius 3 is 2.86 bits per heavy atom. The number of anilines is 2. The van der Waals surface area contributed by atoms with E-state index in [1.165, 1.54) is 35.9 Å². The summed E-state index contributed by atoms with van der Waals surface area (Å²) in [7, 11) is 0. The molecule has 5 nitrogen and oxygen atoms in total. The molecule has 0 radical (unpaired) electrons. The van der Waals surface area contributed by atoms with E-state index >= 15 is 0 Å². The molecule has 0 unspecified atom stereocenters. The first-order valence-corrected chi connectivity index (χ1v) is 9.08. The van der Waals surface area contributed by atoms with Crippen LogP contribution >= 0.6 is 23.1 Å². The Labute approximate surface area is 137 Å². The van der Waals surface area contributed by atoms with Crippen LogP contribution in [0.25, 0.3) is 0 Å². The van der Waals surface area contributed by atoms with Gasteiger partial charge in [-0.05, 0) is 37.8 Å². The van der Waals surface area contributed by atoms with Crippen LogP contribution in [0, 0.1) is 5.92 Å². The maximum atomic E-state index is 11.9. The number of rotatable bonds is 7. The lowest BCUT2D eigenvalue weighted by Crippen LogP contribution is -2.35. The van der Waals surface area contributed by atoms with Gasteiger partial charge >= 0.3 is 0 Å². The summed E-state index contributed by atoms with van der Waals surface area (Å²) in [6.45, 7) is 2.08. The van der Waals surface area contributed by atoms with E-state index in [-0.39, 0.29) is 11.9 Å². The van der Waals surface area contributed by atoms with Gasteiger partial charge in [0.1, 0.15) is 0 Å². The minimum atomic E-state index is 0.0668. The van der Waals surface area contributed by atoms with Crippen LogP contribution < -0.4 is 10.6 Å². The Bertz CT molecular complexity index is 627. The highest BCUT2D eigenvalue weighted by molar-refractivity contribution is 8.01. The lowest BCUT2D eigenvalue weighted by molar-refractivity contribution is -0.119. The molecule has 1 aromatic carbocycles. The second-order valence-electron chi connectivity index (χ2n) is 5.35. The molecule has 0 spiro atoms. The van der Waals surface area contributed by atoms with Gasteiger partial charge in [-0.1, -0.05) is 41.3 Å². The Morgan fingerprint density at radius 1 is 1.36 bits per heavy atom. The van der Waals surface area contributed by atoms with Crippen molar-refractivity contribution in [2.45, 2.75) is 30.1 Å². The minimum absolute atomic E-state index is 0.0668. The zero-order valence-electron chi connectivity index (χ0n) is 12.3. The number of hydrogen-bond acceptors (Lipinski definition) is 6. The van der Waals surface area contributed by atoms with E-state index in [2.05, 4.69) is 27.8 Å². The highest BCUT2D eigenvalue weighted by Crippen LogP contribution is 2.32. The number of hydrogen-bond donors (Lipinski definition) is 2. The van der Waals surface area contributed by atoms with Gasteiger partial charge in [0.15, 0.2) is 4.34 Å². The molecule has 116 valence electrons. The molecule has 22 heavy (non-hydrogen) atoms. The van der Waals surface area contributed by atoms with Gasteiger partial charge < -0.3 is 10.6 Å². The number of carbonyl (C=O) groups is 1. The van der Waals surface area contributed by atoms with Crippen LogP contribution in [0.4, 0.5) is 10.8 Å². The summed E-state index contributed by atoms with van der Waals surface area (Å²) in [6.07, 6.45) is 2.47. The van der Waals surface area contributed by atoms with Crippen LogP contribution in [-0.2, 0) is 4.79 Å². The van der Waals surface area contributed by atoms with Crippen LogP contribution in [0.2, 0.25) is 0 Å². The normalized spacial score (nSPS) is 15.3. The molecule has 1 aliphatic carbocycles. The van der Waals surface area contributed by atoms with E-state index in [4.69, 9.17) is 0 Å². The van der Waals surface area contributed by atoms with Crippen molar-refractivity contribution in [2.24, 2.45) is 5.92 Å². The lowest BCUT2D eigenvalue weighted by atomic mass is 10.2. The number of thioether (sulfide) groups is 1. The van der Waals surface area contributed by atoms with Crippen molar-refractivity contribution in [1.82, 2.24) is 15.5 Å². The summed E-state index contributed by atoms with van der Waals surface area (Å²) in [6, 6.07) is 10.1. The molecule has 1 fully saturated rings. The molecule has 7 heteroatoms. The van der Waals surface area contributed by atoms with Crippen molar-refractivity contribution >= 4 is 39.8 Å². The SMILES string of the molecule is C[C@@H](NC(=O)CSc1nnc(Nc2ccccc2)s1)C1CC1. The van der Waals surface area contributed by atoms with E-state index < -0.39 is 0 Å². The van der Waals surface area contributed by atoms with E-state index in [0.717, 1.165) is 15.2 Å². The molecule has 0 bridgehead atoms. The number of amides is 1. The molecule has 2 aromatic rings. The van der Waals surface area contributed by atoms with E-state index in [9.17, 15) is 4.79 Å². The van der Waals surface area contributed by atoms with Crippen LogP contribution in [0.1, 0.15) is 19.8 Å². The quantitative estimate of drug-likeness (QED) is 0.761. The molecule has 2 N–H and O–H groups in total. The molecule has 1 heterocycles. The third-order valence-electron chi connectivity index (χ3n) is 3.48. The van der Waals surface area contributed by atoms with Crippen molar-refractivity contribution in [3.63, 3.8) is 0 Å². The number of benzene rings is 1. The average molecular weight is 334 g/mol. The van der Waals surface area contributed by atoms with Crippen LogP contribution in [0.3, 0.4) is 0 Å². The van der Waals surface area contributed by atoms with Gasteiger partial charge in [0.05, 0.1) is 5.75 Å². The summed E-state index contributed by atoms with van der Waals surface area (Å²) in [5.41, 5.74) is 0.978. The van der Waals surface area contributed by atoms with Crippen molar-refractivity contribution in [3.05, 3.63) is 30.3 Å². The number of carbonyl (C=O) groups excluding carboxylic acids is 1. The van der Waals surface area contributed by atoms with E-state index in [1.54, 1.807) is 0 Å². The predicted octanol–water partition coefficient (Wildman–Crippen LogP) is 3.29. The highest BCUT2D eigenvalue weighted by Gasteiger charge is 2.28. The van der Waals surface area contributed by atoms with E-state index in [0.29, 0.717) is 11.7 Å².